The summed E-state index contributed by atoms with van der Waals surface area (Å²) >= 11 is 0. The first-order valence-corrected chi connectivity index (χ1v) is 5.34. The molecule has 0 aliphatic heterocycles. The van der Waals surface area contributed by atoms with E-state index in [1.165, 1.54) is 5.56 Å². The molecule has 1 heteroatoms. The molecule has 0 saturated carbocycles. The van der Waals surface area contributed by atoms with Gasteiger partial charge in [-0.3, -0.25) is 0 Å². The lowest BCUT2D eigenvalue weighted by Crippen LogP contribution is -2.22. The van der Waals surface area contributed by atoms with Crippen LogP contribution in [0.4, 0.5) is 0 Å². The van der Waals surface area contributed by atoms with Crippen molar-refractivity contribution in [3.63, 3.8) is 0 Å². The van der Waals surface area contributed by atoms with E-state index >= 15 is 0 Å². The lowest BCUT2D eigenvalue weighted by Gasteiger charge is -2.22. The van der Waals surface area contributed by atoms with Gasteiger partial charge in [0.15, 0.2) is 0 Å². The molecule has 1 unspecified atom stereocenters. The molecule has 0 aromatic heterocycles. The van der Waals surface area contributed by atoms with E-state index in [4.69, 9.17) is 4.74 Å². The summed E-state index contributed by atoms with van der Waals surface area (Å²) in [6.07, 6.45) is 1.94. The SMILES string of the molecule is C=CC(C)c1cccc(OC(C)(C)C)c1. The Morgan fingerprint density at radius 2 is 2.00 bits per heavy atom. The summed E-state index contributed by atoms with van der Waals surface area (Å²) in [6.45, 7) is 12.1. The summed E-state index contributed by atoms with van der Waals surface area (Å²) in [6, 6.07) is 8.19. The van der Waals surface area contributed by atoms with Gasteiger partial charge in [0.25, 0.3) is 0 Å². The van der Waals surface area contributed by atoms with E-state index in [0.717, 1.165) is 5.75 Å². The Morgan fingerprint density at radius 3 is 2.53 bits per heavy atom. The van der Waals surface area contributed by atoms with Crippen molar-refractivity contribution in [2.75, 3.05) is 0 Å². The van der Waals surface area contributed by atoms with Crippen LogP contribution in [-0.4, -0.2) is 5.60 Å². The summed E-state index contributed by atoms with van der Waals surface area (Å²) < 4.78 is 5.80. The number of hydrogen-bond acceptors (Lipinski definition) is 1. The topological polar surface area (TPSA) is 9.23 Å². The van der Waals surface area contributed by atoms with Gasteiger partial charge in [0.2, 0.25) is 0 Å². The quantitative estimate of drug-likeness (QED) is 0.672. The molecule has 1 aromatic carbocycles. The van der Waals surface area contributed by atoms with Crippen molar-refractivity contribution in [3.8, 4) is 5.75 Å². The molecule has 82 valence electrons. The van der Waals surface area contributed by atoms with Crippen LogP contribution in [0, 0.1) is 0 Å². The number of rotatable bonds is 3. The normalized spacial score (nSPS) is 13.3. The van der Waals surface area contributed by atoms with E-state index in [-0.39, 0.29) is 5.60 Å². The molecule has 0 fully saturated rings. The van der Waals surface area contributed by atoms with Gasteiger partial charge in [0, 0.05) is 0 Å². The Hall–Kier alpha value is -1.24. The van der Waals surface area contributed by atoms with Crippen LogP contribution in [0.1, 0.15) is 39.2 Å². The minimum atomic E-state index is -0.143. The summed E-state index contributed by atoms with van der Waals surface area (Å²) in [5.74, 6) is 1.29. The first kappa shape index (κ1) is 11.8. The smallest absolute Gasteiger partial charge is 0.120 e. The number of hydrogen-bond donors (Lipinski definition) is 0. The molecule has 0 aliphatic carbocycles. The van der Waals surface area contributed by atoms with E-state index in [1.54, 1.807) is 0 Å². The Bertz CT molecular complexity index is 333. The Kier molecular flexibility index (Phi) is 3.57. The van der Waals surface area contributed by atoms with Crippen LogP contribution in [0.2, 0.25) is 0 Å². The number of benzene rings is 1. The van der Waals surface area contributed by atoms with Crippen LogP contribution in [0.5, 0.6) is 5.75 Å². The average molecular weight is 204 g/mol. The van der Waals surface area contributed by atoms with Crippen molar-refractivity contribution in [1.82, 2.24) is 0 Å². The molecular weight excluding hydrogens is 184 g/mol. The van der Waals surface area contributed by atoms with Crippen molar-refractivity contribution >= 4 is 0 Å². The highest BCUT2D eigenvalue weighted by molar-refractivity contribution is 5.32. The van der Waals surface area contributed by atoms with E-state index < -0.39 is 0 Å². The zero-order valence-corrected chi connectivity index (χ0v) is 10.1. The molecule has 1 atom stereocenters. The summed E-state index contributed by atoms with van der Waals surface area (Å²) in [5.41, 5.74) is 1.10. The highest BCUT2D eigenvalue weighted by atomic mass is 16.5. The van der Waals surface area contributed by atoms with E-state index in [1.807, 2.05) is 18.2 Å². The van der Waals surface area contributed by atoms with Crippen molar-refractivity contribution in [2.45, 2.75) is 39.2 Å². The molecule has 1 nitrogen and oxygen atoms in total. The van der Waals surface area contributed by atoms with Crippen molar-refractivity contribution in [2.24, 2.45) is 0 Å². The van der Waals surface area contributed by atoms with E-state index in [0.29, 0.717) is 5.92 Å². The number of allylic oxidation sites excluding steroid dienone is 1. The fraction of sp³-hybridized carbons (Fsp3) is 0.429. The van der Waals surface area contributed by atoms with E-state index in [2.05, 4.69) is 46.4 Å². The molecule has 0 aliphatic rings. The second-order valence-corrected chi connectivity index (χ2v) is 4.81. The maximum atomic E-state index is 5.80. The molecule has 0 saturated heterocycles. The van der Waals surface area contributed by atoms with Crippen LogP contribution in [0.3, 0.4) is 0 Å². The standard InChI is InChI=1S/C14H20O/c1-6-11(2)12-8-7-9-13(10-12)15-14(3,4)5/h6-11H,1H2,2-5H3. The fourth-order valence-electron chi connectivity index (χ4n) is 1.35. The zero-order chi connectivity index (χ0) is 11.5. The zero-order valence-electron chi connectivity index (χ0n) is 10.1. The van der Waals surface area contributed by atoms with Crippen LogP contribution >= 0.6 is 0 Å². The maximum Gasteiger partial charge on any atom is 0.120 e. The third kappa shape index (κ3) is 3.78. The van der Waals surface area contributed by atoms with Crippen LogP contribution in [0.25, 0.3) is 0 Å². The molecule has 0 N–H and O–H groups in total. The first-order chi connectivity index (χ1) is 6.92. The monoisotopic (exact) mass is 204 g/mol. The second kappa shape index (κ2) is 4.52. The lowest BCUT2D eigenvalue weighted by atomic mass is 10.0. The molecule has 0 spiro atoms. The summed E-state index contributed by atoms with van der Waals surface area (Å²) in [4.78, 5) is 0. The minimum Gasteiger partial charge on any atom is -0.488 e. The fourth-order valence-corrected chi connectivity index (χ4v) is 1.35. The summed E-state index contributed by atoms with van der Waals surface area (Å²) in [7, 11) is 0. The highest BCUT2D eigenvalue weighted by Gasteiger charge is 2.12. The van der Waals surface area contributed by atoms with Crippen molar-refractivity contribution in [1.29, 1.82) is 0 Å². The van der Waals surface area contributed by atoms with Gasteiger partial charge in [-0.1, -0.05) is 25.1 Å². The van der Waals surface area contributed by atoms with Gasteiger partial charge in [0.05, 0.1) is 0 Å². The third-order valence-electron chi connectivity index (χ3n) is 2.16. The molecule has 15 heavy (non-hydrogen) atoms. The van der Waals surface area contributed by atoms with Gasteiger partial charge in [-0.25, -0.2) is 0 Å². The van der Waals surface area contributed by atoms with Crippen molar-refractivity contribution < 1.29 is 4.74 Å². The molecule has 0 heterocycles. The van der Waals surface area contributed by atoms with Gasteiger partial charge in [-0.05, 0) is 44.4 Å². The van der Waals surface area contributed by atoms with Crippen LogP contribution in [-0.2, 0) is 0 Å². The molecule has 0 radical (unpaired) electrons. The average Bonchev–Trinajstić information content (AvgIpc) is 2.14. The Labute approximate surface area is 92.8 Å². The van der Waals surface area contributed by atoms with Crippen molar-refractivity contribution in [3.05, 3.63) is 42.5 Å². The van der Waals surface area contributed by atoms with Gasteiger partial charge in [-0.2, -0.15) is 0 Å². The minimum absolute atomic E-state index is 0.143. The second-order valence-electron chi connectivity index (χ2n) is 4.81. The third-order valence-corrected chi connectivity index (χ3v) is 2.16. The van der Waals surface area contributed by atoms with Crippen LogP contribution in [0.15, 0.2) is 36.9 Å². The Morgan fingerprint density at radius 1 is 1.33 bits per heavy atom. The van der Waals surface area contributed by atoms with Crippen LogP contribution < -0.4 is 4.74 Å². The molecule has 1 rings (SSSR count). The first-order valence-electron chi connectivity index (χ1n) is 5.34. The lowest BCUT2D eigenvalue weighted by molar-refractivity contribution is 0.131. The maximum absolute atomic E-state index is 5.80. The molecular formula is C14H20O. The molecule has 0 amide bonds. The van der Waals surface area contributed by atoms with Gasteiger partial charge < -0.3 is 4.74 Å². The summed E-state index contributed by atoms with van der Waals surface area (Å²) in [5, 5.41) is 0. The van der Waals surface area contributed by atoms with E-state index in [9.17, 15) is 0 Å². The van der Waals surface area contributed by atoms with Gasteiger partial charge >= 0.3 is 0 Å². The predicted molar refractivity (Wildman–Crippen MR) is 65.4 cm³/mol. The largest absolute Gasteiger partial charge is 0.488 e. The molecule has 1 aromatic rings. The Balaban J connectivity index is 2.88. The number of ether oxygens (including phenoxy) is 1. The predicted octanol–water partition coefficient (Wildman–Crippen LogP) is 4.15. The van der Waals surface area contributed by atoms with Gasteiger partial charge in [-0.15, -0.1) is 6.58 Å². The highest BCUT2D eigenvalue weighted by Crippen LogP contribution is 2.23. The van der Waals surface area contributed by atoms with Gasteiger partial charge in [0.1, 0.15) is 11.4 Å². The molecule has 0 bridgehead atoms.